The highest BCUT2D eigenvalue weighted by molar-refractivity contribution is 6.06. The van der Waals surface area contributed by atoms with E-state index in [1.807, 2.05) is 12.1 Å². The van der Waals surface area contributed by atoms with Crippen LogP contribution in [-0.4, -0.2) is 54.6 Å². The minimum absolute atomic E-state index is 0.354. The molecule has 1 aliphatic heterocycles. The van der Waals surface area contributed by atoms with Gasteiger partial charge in [0, 0.05) is 11.3 Å². The van der Waals surface area contributed by atoms with E-state index in [9.17, 15) is 4.79 Å². The smallest absolute Gasteiger partial charge is 0.255 e. The molecule has 0 unspecified atom stereocenters. The number of carbonyl (C=O) groups excluding carboxylic acids is 1. The minimum Gasteiger partial charge on any atom is -0.495 e. The molecular weight excluding hydrogens is 428 g/mol. The average Bonchev–Trinajstić information content (AvgIpc) is 3.30. The number of hydrogen-bond acceptors (Lipinski definition) is 9. The molecule has 2 heterocycles. The van der Waals surface area contributed by atoms with E-state index in [0.717, 1.165) is 0 Å². The maximum atomic E-state index is 13.6. The van der Waals surface area contributed by atoms with Gasteiger partial charge in [-0.3, -0.25) is 4.79 Å². The van der Waals surface area contributed by atoms with Crippen molar-refractivity contribution < 1.29 is 23.7 Å². The molecule has 0 saturated carbocycles. The number of hydrogen-bond donors (Lipinski definition) is 2. The highest BCUT2D eigenvalue weighted by Crippen LogP contribution is 2.46. The highest BCUT2D eigenvalue weighted by atomic mass is 16.5. The van der Waals surface area contributed by atoms with E-state index in [0.29, 0.717) is 51.5 Å². The van der Waals surface area contributed by atoms with E-state index < -0.39 is 6.04 Å². The van der Waals surface area contributed by atoms with Gasteiger partial charge in [0.2, 0.25) is 11.7 Å². The van der Waals surface area contributed by atoms with Crippen molar-refractivity contribution in [3.8, 4) is 23.0 Å². The zero-order chi connectivity index (χ0) is 23.5. The van der Waals surface area contributed by atoms with E-state index in [4.69, 9.17) is 18.9 Å². The lowest BCUT2D eigenvalue weighted by atomic mass is 9.93. The SMILES string of the molecule is COc1ccccc1NC(=O)C1=C(C)Nc2nnnn2[C@@H]1c1ccc(OC)c(OC)c1OC. The van der Waals surface area contributed by atoms with E-state index in [-0.39, 0.29) is 5.91 Å². The first kappa shape index (κ1) is 21.9. The van der Waals surface area contributed by atoms with Crippen molar-refractivity contribution in [1.29, 1.82) is 0 Å². The van der Waals surface area contributed by atoms with Crippen LogP contribution in [-0.2, 0) is 4.79 Å². The van der Waals surface area contributed by atoms with Crippen molar-refractivity contribution in [2.24, 2.45) is 0 Å². The molecule has 0 spiro atoms. The number of tetrazole rings is 1. The van der Waals surface area contributed by atoms with Gasteiger partial charge < -0.3 is 29.6 Å². The number of fused-ring (bicyclic) bond motifs is 1. The van der Waals surface area contributed by atoms with E-state index in [2.05, 4.69) is 26.2 Å². The summed E-state index contributed by atoms with van der Waals surface area (Å²) < 4.78 is 23.5. The summed E-state index contributed by atoms with van der Waals surface area (Å²) in [5.74, 6) is 1.87. The fraction of sp³-hybridized carbons (Fsp3) is 0.273. The molecule has 0 fully saturated rings. The second-order valence-corrected chi connectivity index (χ2v) is 7.09. The number of methoxy groups -OCH3 is 4. The minimum atomic E-state index is -0.708. The fourth-order valence-electron chi connectivity index (χ4n) is 3.87. The van der Waals surface area contributed by atoms with Gasteiger partial charge in [-0.1, -0.05) is 17.2 Å². The first-order valence-corrected chi connectivity index (χ1v) is 10.0. The number of carbonyl (C=O) groups is 1. The van der Waals surface area contributed by atoms with Gasteiger partial charge >= 0.3 is 0 Å². The van der Waals surface area contributed by atoms with E-state index in [1.165, 1.54) is 26.0 Å². The first-order valence-electron chi connectivity index (χ1n) is 10.0. The van der Waals surface area contributed by atoms with Crippen LogP contribution in [0.1, 0.15) is 18.5 Å². The third-order valence-electron chi connectivity index (χ3n) is 5.34. The summed E-state index contributed by atoms with van der Waals surface area (Å²) in [6.07, 6.45) is 0. The number of rotatable bonds is 7. The van der Waals surface area contributed by atoms with Gasteiger partial charge in [-0.2, -0.15) is 4.68 Å². The van der Waals surface area contributed by atoms with Gasteiger partial charge in [0.15, 0.2) is 11.5 Å². The molecule has 0 bridgehead atoms. The van der Waals surface area contributed by atoms with Gasteiger partial charge in [-0.25, -0.2) is 0 Å². The molecule has 11 nitrogen and oxygen atoms in total. The molecule has 11 heteroatoms. The van der Waals surface area contributed by atoms with Crippen molar-refractivity contribution in [3.63, 3.8) is 0 Å². The molecule has 2 aromatic carbocycles. The number of aromatic nitrogens is 4. The third-order valence-corrected chi connectivity index (χ3v) is 5.34. The summed E-state index contributed by atoms with van der Waals surface area (Å²) in [7, 11) is 6.12. The predicted octanol–water partition coefficient (Wildman–Crippen LogP) is 2.64. The molecule has 0 saturated heterocycles. The first-order chi connectivity index (χ1) is 16.0. The molecule has 1 aromatic heterocycles. The van der Waals surface area contributed by atoms with Crippen LogP contribution in [0.4, 0.5) is 11.6 Å². The number of benzene rings is 2. The quantitative estimate of drug-likeness (QED) is 0.557. The van der Waals surface area contributed by atoms with Crippen molar-refractivity contribution in [3.05, 3.63) is 53.2 Å². The molecule has 4 rings (SSSR count). The number of nitrogens with one attached hydrogen (secondary N) is 2. The Balaban J connectivity index is 1.86. The standard InChI is InChI=1S/C22H24N6O5/c1-12-17(21(29)24-14-8-6-7-9-15(14)30-2)18(28-22(23-12)25-26-27-28)13-10-11-16(31-3)20(33-5)19(13)32-4/h6-11,18H,1-5H3,(H,24,29)(H,23,25,27)/t18-/m1/s1. The van der Waals surface area contributed by atoms with Gasteiger partial charge in [-0.05, 0) is 41.6 Å². The van der Waals surface area contributed by atoms with Gasteiger partial charge in [0.1, 0.15) is 11.8 Å². The molecule has 1 amide bonds. The molecule has 0 aliphatic carbocycles. The lowest BCUT2D eigenvalue weighted by Gasteiger charge is -2.29. The predicted molar refractivity (Wildman–Crippen MR) is 120 cm³/mol. The number of ether oxygens (including phenoxy) is 4. The summed E-state index contributed by atoms with van der Waals surface area (Å²) in [6.45, 7) is 1.79. The monoisotopic (exact) mass is 452 g/mol. The zero-order valence-corrected chi connectivity index (χ0v) is 18.9. The normalized spacial score (nSPS) is 14.8. The van der Waals surface area contributed by atoms with Gasteiger partial charge in [0.05, 0.1) is 39.7 Å². The molecule has 2 N–H and O–H groups in total. The number of amides is 1. The zero-order valence-electron chi connectivity index (χ0n) is 18.9. The largest absolute Gasteiger partial charge is 0.495 e. The molecular formula is C22H24N6O5. The van der Waals surface area contributed by atoms with Crippen LogP contribution in [0.2, 0.25) is 0 Å². The molecule has 0 radical (unpaired) electrons. The number of allylic oxidation sites excluding steroid dienone is 1. The Morgan fingerprint density at radius 2 is 1.70 bits per heavy atom. The number of nitrogens with zero attached hydrogens (tertiary/aromatic N) is 4. The molecule has 3 aromatic rings. The Kier molecular flexibility index (Phi) is 6.03. The number of anilines is 2. The summed E-state index contributed by atoms with van der Waals surface area (Å²) in [5, 5.41) is 18.0. The highest BCUT2D eigenvalue weighted by Gasteiger charge is 2.37. The van der Waals surface area contributed by atoms with E-state index in [1.54, 1.807) is 38.3 Å². The van der Waals surface area contributed by atoms with Crippen LogP contribution in [0, 0.1) is 0 Å². The third kappa shape index (κ3) is 3.77. The maximum absolute atomic E-state index is 13.6. The second kappa shape index (κ2) is 9.07. The van der Waals surface area contributed by atoms with Gasteiger partial charge in [-0.15, -0.1) is 0 Å². The summed E-state index contributed by atoms with van der Waals surface area (Å²) in [6, 6.07) is 10.0. The van der Waals surface area contributed by atoms with E-state index >= 15 is 0 Å². The summed E-state index contributed by atoms with van der Waals surface area (Å²) in [4.78, 5) is 13.6. The summed E-state index contributed by atoms with van der Waals surface area (Å²) >= 11 is 0. The lowest BCUT2D eigenvalue weighted by Crippen LogP contribution is -2.32. The maximum Gasteiger partial charge on any atom is 0.255 e. The topological polar surface area (TPSA) is 122 Å². The molecule has 172 valence electrons. The van der Waals surface area contributed by atoms with Crippen molar-refractivity contribution >= 4 is 17.5 Å². The Labute approximate surface area is 190 Å². The van der Waals surface area contributed by atoms with Crippen LogP contribution >= 0.6 is 0 Å². The Hall–Kier alpha value is -4.28. The lowest BCUT2D eigenvalue weighted by molar-refractivity contribution is -0.113. The van der Waals surface area contributed by atoms with Crippen LogP contribution in [0.15, 0.2) is 47.7 Å². The Bertz CT molecular complexity index is 1220. The molecule has 1 aliphatic rings. The van der Waals surface area contributed by atoms with Crippen LogP contribution < -0.4 is 29.6 Å². The van der Waals surface area contributed by atoms with Crippen LogP contribution in [0.3, 0.4) is 0 Å². The van der Waals surface area contributed by atoms with Crippen molar-refractivity contribution in [2.45, 2.75) is 13.0 Å². The van der Waals surface area contributed by atoms with Gasteiger partial charge in [0.25, 0.3) is 5.91 Å². The second-order valence-electron chi connectivity index (χ2n) is 7.09. The van der Waals surface area contributed by atoms with Crippen molar-refractivity contribution in [2.75, 3.05) is 39.1 Å². The Morgan fingerprint density at radius 1 is 0.970 bits per heavy atom. The van der Waals surface area contributed by atoms with Crippen molar-refractivity contribution in [1.82, 2.24) is 20.2 Å². The Morgan fingerprint density at radius 3 is 2.39 bits per heavy atom. The van der Waals surface area contributed by atoms with Crippen LogP contribution in [0.5, 0.6) is 23.0 Å². The molecule has 1 atom stereocenters. The summed E-state index contributed by atoms with van der Waals surface area (Å²) in [5.41, 5.74) is 2.14. The van der Waals surface area contributed by atoms with Crippen LogP contribution in [0.25, 0.3) is 0 Å². The fourth-order valence-corrected chi connectivity index (χ4v) is 3.87. The molecule has 33 heavy (non-hydrogen) atoms. The number of para-hydroxylation sites is 2. The average molecular weight is 452 g/mol.